The van der Waals surface area contributed by atoms with Gasteiger partial charge in [0.15, 0.2) is 36.5 Å². The number of piperidine rings is 1. The zero-order valence-electron chi connectivity index (χ0n) is 87.3. The Morgan fingerprint density at radius 3 is 1.82 bits per heavy atom. The van der Waals surface area contributed by atoms with Crippen LogP contribution in [0.15, 0.2) is 71.9 Å². The van der Waals surface area contributed by atoms with E-state index in [-0.39, 0.29) is 164 Å². The number of nitrogens with zero attached hydrogens (tertiary/aromatic N) is 5. The van der Waals surface area contributed by atoms with Crippen LogP contribution in [0.5, 0.6) is 0 Å². The molecule has 2 saturated heterocycles. The highest BCUT2D eigenvalue weighted by molar-refractivity contribution is 8.77. The van der Waals surface area contributed by atoms with Gasteiger partial charge in [0, 0.05) is 143 Å². The van der Waals surface area contributed by atoms with E-state index < -0.39 is 130 Å². The number of carboxylic acids is 1. The second-order valence-electron chi connectivity index (χ2n) is 38.1. The van der Waals surface area contributed by atoms with Gasteiger partial charge in [0.1, 0.15) is 49.8 Å². The van der Waals surface area contributed by atoms with E-state index in [0.29, 0.717) is 76.0 Å². The summed E-state index contributed by atoms with van der Waals surface area (Å²) in [5.41, 5.74) is 2.88. The van der Waals surface area contributed by atoms with Crippen molar-refractivity contribution >= 4 is 97.6 Å². The van der Waals surface area contributed by atoms with Crippen molar-refractivity contribution in [3.63, 3.8) is 0 Å². The number of aliphatic hydroxyl groups excluding tert-OH is 6. The summed E-state index contributed by atoms with van der Waals surface area (Å²) in [6.45, 7) is 24.8. The van der Waals surface area contributed by atoms with Crippen molar-refractivity contribution in [2.45, 2.75) is 317 Å². The SMILES string of the molecule is CCC(CO)OC(CO)OC.CCC(CO)OC(COC(=O)CCC(=O)O)OC.CCC(CO)OC(COC(=O)CCCC(=O)NC(C)C(=O)OCCCCC(=O)[C@]1(O)C2N(C)c3cc(C)c([C@@]4(C)CC5CN(CCc6c4[nH]c4ccccc64)CC(O)(CC)C5)cc3C23CCN2CC=C[C@](CC)(C23)[C@H]1O)OC.CCC(CO)OC(COC(=O)OCCC(=O)NCCCC(C)(C)SSc1ccc([N+](=O)[O-])cn1)OC.O=C=O. The molecule has 2 amide bonds. The zero-order valence-corrected chi connectivity index (χ0v) is 88.9. The molecule has 3 fully saturated rings. The van der Waals surface area contributed by atoms with Crippen molar-refractivity contribution in [1.29, 1.82) is 0 Å². The Morgan fingerprint density at radius 1 is 0.678 bits per heavy atom. The number of Topliss-reactive ketones (excluding diaryl/α,β-unsaturated/α-hetero) is 1. The summed E-state index contributed by atoms with van der Waals surface area (Å²) < 4.78 is 66.6. The molecule has 5 aliphatic heterocycles. The standard InChI is InChI=1S/C61H87N5O12.C22H35N3O9S2.C11H20O7.C7H16O4.CO2/c1-9-41(35-67)78-51(75-8)36-77-50(70)22-16-21-49(69)62-39(5)53(71)76-29-15-14-20-48(68)61(74)55-60(25-28-66-26-17-24-59(11-3,54(60)66)56(61)72)45-31-44(38(4)30-47(45)64(55)7)57(6)32-40-33-58(73,10-2)37-65(34-40)27-23-43-42-18-12-13-19-46(42)63-52(43)57;1-5-17(14-26)34-20(31-4)15-33-21(28)32-12-9-18(27)23-11-6-10-22(2,3)36-35-19-8-7-16(13-24-19)25(29)30;1-3-8(6-12)18-11(16-2)7-17-10(15)5-4-9(13)14;1-3-6(4-8)11-7(5-9)10-2;2-1-3/h12-13,17-19,24,30-31,39-41,51,54-56,63,67,72-74H,9-11,14-16,20-23,25-29,32-37H2,1-8H3,(H,62,69);7-8,13,17,20,26H,5-6,9-12,14-15H2,1-4H3,(H,23,27);8,11-12H,3-7H2,1-2H3,(H,13,14);6-9H,3-5H2,1-2H3;/t39?,40?,41?,51?,54?,55?,56-,57-,58?,59-,60?,61+;;;;/m1..../s1. The first-order chi connectivity index (χ1) is 69.6. The van der Waals surface area contributed by atoms with Gasteiger partial charge < -0.3 is 128 Å². The van der Waals surface area contributed by atoms with Crippen LogP contribution in [0.2, 0.25) is 0 Å². The number of esters is 3. The highest BCUT2D eigenvalue weighted by atomic mass is 33.1. The average molecular weight is 2100 g/mol. The highest BCUT2D eigenvalue weighted by Gasteiger charge is 2.78. The Bertz CT molecular complexity index is 4770. The average Bonchev–Trinajstić information content (AvgIpc) is 1.47. The normalized spacial score (nSPS) is 23.4. The van der Waals surface area contributed by atoms with Gasteiger partial charge in [-0.25, -0.2) is 14.6 Å². The number of aryl methyl sites for hydroxylation is 1. The number of ketones is 1. The Hall–Kier alpha value is -8.81. The monoisotopic (exact) mass is 2100 g/mol. The number of rotatable bonds is 56. The second-order valence-corrected chi connectivity index (χ2v) is 41.0. The Labute approximate surface area is 862 Å². The number of aromatic amines is 1. The van der Waals surface area contributed by atoms with Gasteiger partial charge in [-0.15, -0.1) is 0 Å². The number of hydrogen-bond acceptors (Lipinski definition) is 39. The fourth-order valence-corrected chi connectivity index (χ4v) is 22.2. The molecule has 6 aliphatic rings. The van der Waals surface area contributed by atoms with Gasteiger partial charge in [-0.1, -0.05) is 88.8 Å². The molecule has 146 heavy (non-hydrogen) atoms. The number of nitrogens with one attached hydrogen (secondary N) is 3. The zero-order chi connectivity index (χ0) is 108. The van der Waals surface area contributed by atoms with Gasteiger partial charge in [-0.3, -0.25) is 48.7 Å². The van der Waals surface area contributed by atoms with E-state index in [2.05, 4.69) is 125 Å². The number of H-pyrrole nitrogens is 1. The summed E-state index contributed by atoms with van der Waals surface area (Å²) >= 11 is 0. The van der Waals surface area contributed by atoms with Crippen LogP contribution in [0.1, 0.15) is 226 Å². The number of ether oxygens (including phenoxy) is 13. The number of pyridine rings is 1. The molecule has 12 N–H and O–H groups in total. The number of methoxy groups -OCH3 is 4. The lowest BCUT2D eigenvalue weighted by Gasteiger charge is -2.63. The van der Waals surface area contributed by atoms with E-state index in [1.54, 1.807) is 16.9 Å². The first kappa shape index (κ1) is 126. The second kappa shape index (κ2) is 62.1. The minimum Gasteiger partial charge on any atom is -0.481 e. The fraction of sp³-hybridized carbons (Fsp3) is 0.706. The number of aromatic nitrogens is 2. The minimum atomic E-state index is -2.17. The number of likely N-dealkylation sites (N-methyl/N-ethyl adjacent to an activating group) is 1. The van der Waals surface area contributed by atoms with Crippen molar-refractivity contribution in [2.75, 3.05) is 146 Å². The molecule has 2 aromatic heterocycles. The predicted molar refractivity (Wildman–Crippen MR) is 538 cm³/mol. The molecule has 7 heterocycles. The van der Waals surface area contributed by atoms with E-state index >= 15 is 4.79 Å². The number of aliphatic hydroxyl groups is 8. The number of hydrogen-bond donors (Lipinski definition) is 12. The third-order valence-corrected chi connectivity index (χ3v) is 30.9. The molecule has 19 atom stereocenters. The van der Waals surface area contributed by atoms with Crippen LogP contribution in [-0.2, 0) is 122 Å². The number of fused-ring (bicyclic) bond motifs is 6. The number of unbranched alkanes of at least 4 members (excludes halogenated alkanes) is 1. The minimum absolute atomic E-state index is 0.00152. The van der Waals surface area contributed by atoms with E-state index in [4.69, 9.17) is 96.7 Å². The number of amides is 2. The summed E-state index contributed by atoms with van der Waals surface area (Å²) in [6.07, 6.45) is 7.29. The lowest BCUT2D eigenvalue weighted by Crippen LogP contribution is -2.80. The van der Waals surface area contributed by atoms with Crippen LogP contribution >= 0.6 is 21.6 Å². The third-order valence-electron chi connectivity index (χ3n) is 27.7. The molecule has 10 rings (SSSR count). The van der Waals surface area contributed by atoms with Crippen LogP contribution < -0.4 is 15.5 Å². The molecule has 15 unspecified atom stereocenters. The summed E-state index contributed by atoms with van der Waals surface area (Å²) in [4.78, 5) is 140. The topological polar surface area (TPSA) is 578 Å². The van der Waals surface area contributed by atoms with Gasteiger partial charge in [-0.2, -0.15) is 9.59 Å². The summed E-state index contributed by atoms with van der Waals surface area (Å²) in [7, 11) is 10.7. The molecular formula is C102H158N8O34S2. The van der Waals surface area contributed by atoms with E-state index in [1.807, 2.05) is 34.7 Å². The quantitative estimate of drug-likeness (QED) is 0.00287. The summed E-state index contributed by atoms with van der Waals surface area (Å²) in [5, 5.41) is 110. The van der Waals surface area contributed by atoms with Crippen LogP contribution in [0.4, 0.5) is 16.2 Å². The largest absolute Gasteiger partial charge is 0.508 e. The number of benzene rings is 2. The molecule has 1 aliphatic carbocycles. The van der Waals surface area contributed by atoms with Crippen molar-refractivity contribution in [3.8, 4) is 0 Å². The fourth-order valence-electron chi connectivity index (χ4n) is 20.0. The molecule has 0 radical (unpaired) electrons. The molecule has 1 spiro atoms. The number of para-hydroxylation sites is 1. The number of carbonyl (C=O) groups excluding carboxylic acids is 9. The number of anilines is 1. The Balaban J connectivity index is 0.000000391. The number of nitro groups is 1. The summed E-state index contributed by atoms with van der Waals surface area (Å²) in [6, 6.07) is 14.4. The van der Waals surface area contributed by atoms with Gasteiger partial charge in [0.05, 0.1) is 99.9 Å². The van der Waals surface area contributed by atoms with Crippen molar-refractivity contribution in [2.24, 2.45) is 11.3 Å². The van der Waals surface area contributed by atoms with Crippen molar-refractivity contribution in [1.82, 2.24) is 30.4 Å². The van der Waals surface area contributed by atoms with Gasteiger partial charge >= 0.3 is 36.2 Å². The van der Waals surface area contributed by atoms with Crippen LogP contribution in [0.3, 0.4) is 0 Å². The van der Waals surface area contributed by atoms with E-state index in [0.717, 1.165) is 74.1 Å². The predicted octanol–water partition coefficient (Wildman–Crippen LogP) is 8.67. The first-order valence-electron chi connectivity index (χ1n) is 50.2. The van der Waals surface area contributed by atoms with Crippen LogP contribution in [-0.4, -0.2) is 355 Å². The smallest absolute Gasteiger partial charge is 0.481 e. The molecular weight excluding hydrogens is 1950 g/mol. The van der Waals surface area contributed by atoms with Gasteiger partial charge in [0.25, 0.3) is 5.69 Å². The number of aliphatic carboxylic acids is 1. The Morgan fingerprint density at radius 2 is 1.27 bits per heavy atom. The molecule has 42 nitrogen and oxygen atoms in total. The van der Waals surface area contributed by atoms with Gasteiger partial charge in [0.2, 0.25) is 11.8 Å². The van der Waals surface area contributed by atoms with Crippen LogP contribution in [0, 0.1) is 28.4 Å². The number of carbonyl (C=O) groups is 8. The molecule has 1 saturated carbocycles. The number of carboxylic acid groups (broad SMARTS) is 1. The van der Waals surface area contributed by atoms with E-state index in [9.17, 15) is 64.1 Å². The maximum absolute atomic E-state index is 15.2. The maximum Gasteiger partial charge on any atom is 0.508 e. The van der Waals surface area contributed by atoms with E-state index in [1.165, 1.54) is 80.6 Å². The third kappa shape index (κ3) is 35.1. The highest BCUT2D eigenvalue weighted by Crippen LogP contribution is 2.68. The maximum atomic E-state index is 15.2. The molecule has 44 heteroatoms. The van der Waals surface area contributed by atoms with Crippen molar-refractivity contribution in [3.05, 3.63) is 105 Å². The Kier molecular flexibility index (Phi) is 53.5. The molecule has 2 aromatic carbocycles. The lowest BCUT2D eigenvalue weighted by atomic mass is 9.47. The van der Waals surface area contributed by atoms with Crippen molar-refractivity contribution < 1.29 is 160 Å². The molecule has 822 valence electrons. The van der Waals surface area contributed by atoms with Crippen LogP contribution in [0.25, 0.3) is 10.9 Å². The molecule has 4 aromatic rings. The first-order valence-corrected chi connectivity index (χ1v) is 52.3. The van der Waals surface area contributed by atoms with Gasteiger partial charge in [-0.05, 0) is 195 Å². The summed E-state index contributed by atoms with van der Waals surface area (Å²) in [5.74, 6) is -3.76. The molecule has 2 bridgehead atoms. The lowest BCUT2D eigenvalue weighted by molar-refractivity contribution is -0.385.